The van der Waals surface area contributed by atoms with Crippen molar-refractivity contribution in [2.45, 2.75) is 52.4 Å². The van der Waals surface area contributed by atoms with Gasteiger partial charge in [0.2, 0.25) is 35.4 Å². The van der Waals surface area contributed by atoms with Crippen LogP contribution in [0.3, 0.4) is 0 Å². The van der Waals surface area contributed by atoms with Crippen LogP contribution in [0.25, 0.3) is 0 Å². The Kier molecular flexibility index (Phi) is 31.4. The molecule has 7 N–H and O–H groups in total. The predicted octanol–water partition coefficient (Wildman–Crippen LogP) is -1.61. The van der Waals surface area contributed by atoms with Crippen LogP contribution in [0.1, 0.15) is 52.4 Å². The lowest BCUT2D eigenvalue weighted by Crippen LogP contribution is -2.35. The maximum absolute atomic E-state index is 12.1. The Morgan fingerprint density at radius 3 is 1.29 bits per heavy atom. The Morgan fingerprint density at radius 1 is 0.491 bits per heavy atom. The number of hydrogen-bond donors (Lipinski definition) is 7. The molecule has 0 aromatic rings. The third-order valence-corrected chi connectivity index (χ3v) is 7.87. The van der Waals surface area contributed by atoms with Gasteiger partial charge in [-0.05, 0) is 6.42 Å². The van der Waals surface area contributed by atoms with E-state index in [4.69, 9.17) is 18.9 Å². The van der Waals surface area contributed by atoms with E-state index >= 15 is 0 Å². The van der Waals surface area contributed by atoms with Gasteiger partial charge in [0.05, 0.1) is 83.9 Å². The lowest BCUT2D eigenvalue weighted by Gasteiger charge is -2.16. The van der Waals surface area contributed by atoms with Gasteiger partial charge in [0.15, 0.2) is 0 Å². The zero-order valence-electron chi connectivity index (χ0n) is 31.7. The Bertz CT molecular complexity index is 1140. The number of hydrogen-bond acceptors (Lipinski definition) is 16. The van der Waals surface area contributed by atoms with E-state index in [1.165, 1.54) is 6.92 Å². The molecule has 0 aromatic heterocycles. The van der Waals surface area contributed by atoms with Crippen LogP contribution in [0.5, 0.6) is 0 Å². The first-order valence-electron chi connectivity index (χ1n) is 17.9. The summed E-state index contributed by atoms with van der Waals surface area (Å²) in [4.78, 5) is 82.6. The van der Waals surface area contributed by atoms with Crippen molar-refractivity contribution in [2.75, 3.05) is 110 Å². The fraction of sp³-hybridized carbons (Fsp3) is 0.781. The van der Waals surface area contributed by atoms with Crippen molar-refractivity contribution in [1.29, 1.82) is 0 Å². The first kappa shape index (κ1) is 51.3. The van der Waals surface area contributed by atoms with Crippen LogP contribution < -0.4 is 16.0 Å². The van der Waals surface area contributed by atoms with E-state index in [1.54, 1.807) is 0 Å². The standard InChI is InChI=1S/C32H59N7O15S/c1-3-4-16-51-21-15-39(50)32(46)25-55-24-29(43)35-11-19-54-23-14-38(49)31(45)8-6-28(42)34-10-18-53-22-13-37(48)30(44)7-5-27(41)33-9-17-52-20-12-36(47)26(2)40/h47-50H,3-25H2,1-2H3,(H,33,41)(H,34,42)(H,35,43). The number of nitrogens with one attached hydrogen (secondary N) is 3. The maximum Gasteiger partial charge on any atom is 0.255 e. The van der Waals surface area contributed by atoms with Crippen molar-refractivity contribution in [1.82, 2.24) is 36.2 Å². The molecule has 7 amide bonds. The third-order valence-electron chi connectivity index (χ3n) is 6.96. The van der Waals surface area contributed by atoms with Crippen LogP contribution in [-0.4, -0.2) is 193 Å². The highest BCUT2D eigenvalue weighted by molar-refractivity contribution is 8.00. The lowest BCUT2D eigenvalue weighted by molar-refractivity contribution is -0.168. The van der Waals surface area contributed by atoms with Gasteiger partial charge in [-0.15, -0.1) is 11.8 Å². The third kappa shape index (κ3) is 30.3. The molecule has 0 atom stereocenters. The largest absolute Gasteiger partial charge is 0.380 e. The molecule has 0 unspecified atom stereocenters. The number of amides is 7. The van der Waals surface area contributed by atoms with Crippen molar-refractivity contribution in [3.63, 3.8) is 0 Å². The zero-order valence-corrected chi connectivity index (χ0v) is 32.6. The highest BCUT2D eigenvalue weighted by atomic mass is 32.2. The summed E-state index contributed by atoms with van der Waals surface area (Å²) in [5.74, 6) is -3.75. The molecule has 318 valence electrons. The minimum Gasteiger partial charge on any atom is -0.380 e. The van der Waals surface area contributed by atoms with Gasteiger partial charge in [-0.2, -0.15) is 0 Å². The van der Waals surface area contributed by atoms with Gasteiger partial charge < -0.3 is 34.9 Å². The molecule has 0 aliphatic heterocycles. The van der Waals surface area contributed by atoms with Gasteiger partial charge in [0.1, 0.15) is 0 Å². The molecule has 0 aliphatic carbocycles. The van der Waals surface area contributed by atoms with Crippen molar-refractivity contribution in [3.8, 4) is 0 Å². The summed E-state index contributed by atoms with van der Waals surface area (Å²) in [6.07, 6.45) is 1.01. The summed E-state index contributed by atoms with van der Waals surface area (Å²) < 4.78 is 21.0. The zero-order chi connectivity index (χ0) is 41.3. The molecule has 0 rings (SSSR count). The predicted molar refractivity (Wildman–Crippen MR) is 193 cm³/mol. The summed E-state index contributed by atoms with van der Waals surface area (Å²) >= 11 is 1.04. The molecule has 0 saturated heterocycles. The molecule has 0 radical (unpaired) electrons. The Morgan fingerprint density at radius 2 is 0.873 bits per heavy atom. The minimum absolute atomic E-state index is 0.000696. The Hall–Kier alpha value is -3.68. The van der Waals surface area contributed by atoms with Crippen molar-refractivity contribution >= 4 is 53.1 Å². The van der Waals surface area contributed by atoms with Gasteiger partial charge in [-0.1, -0.05) is 13.3 Å². The number of rotatable bonds is 34. The smallest absolute Gasteiger partial charge is 0.255 e. The number of carbonyl (C=O) groups excluding carboxylic acids is 7. The van der Waals surface area contributed by atoms with Crippen LogP contribution in [0, 0.1) is 0 Å². The molecule has 55 heavy (non-hydrogen) atoms. The van der Waals surface area contributed by atoms with Gasteiger partial charge in [-0.25, -0.2) is 20.3 Å². The van der Waals surface area contributed by atoms with Crippen molar-refractivity contribution < 1.29 is 73.3 Å². The number of unbranched alkanes of at least 4 members (excludes halogenated alkanes) is 1. The van der Waals surface area contributed by atoms with Gasteiger partial charge in [0.25, 0.3) is 5.91 Å². The second-order valence-electron chi connectivity index (χ2n) is 11.5. The SMILES string of the molecule is CCCCOCCN(O)C(=O)CSCC(=O)NCCOCCN(O)C(=O)CCC(=O)NCCOCCN(O)C(=O)CCC(=O)NCCOCCN(O)C(C)=O. The van der Waals surface area contributed by atoms with E-state index in [0.29, 0.717) is 26.9 Å². The highest BCUT2D eigenvalue weighted by Crippen LogP contribution is 2.02. The molecule has 0 heterocycles. The lowest BCUT2D eigenvalue weighted by atomic mass is 10.2. The number of nitrogens with zero attached hydrogens (tertiary/aromatic N) is 4. The molecule has 0 spiro atoms. The summed E-state index contributed by atoms with van der Waals surface area (Å²) in [5, 5.41) is 48.2. The summed E-state index contributed by atoms with van der Waals surface area (Å²) in [6.45, 7) is 4.40. The topological polar surface area (TPSA) is 286 Å². The van der Waals surface area contributed by atoms with Crippen LogP contribution in [0.15, 0.2) is 0 Å². The summed E-state index contributed by atoms with van der Waals surface area (Å²) in [5.41, 5.74) is 0. The molecule has 23 heteroatoms. The number of thioether (sulfide) groups is 1. The van der Waals surface area contributed by atoms with Crippen molar-refractivity contribution in [2.24, 2.45) is 0 Å². The second kappa shape index (κ2) is 33.6. The van der Waals surface area contributed by atoms with E-state index < -0.39 is 35.4 Å². The van der Waals surface area contributed by atoms with Crippen LogP contribution in [0.4, 0.5) is 0 Å². The number of hydroxylamine groups is 8. The first-order chi connectivity index (χ1) is 26.3. The van der Waals surface area contributed by atoms with Crippen LogP contribution >= 0.6 is 11.8 Å². The van der Waals surface area contributed by atoms with Crippen LogP contribution in [-0.2, 0) is 52.5 Å². The highest BCUT2D eigenvalue weighted by Gasteiger charge is 2.15. The van der Waals surface area contributed by atoms with E-state index in [9.17, 15) is 54.4 Å². The average Bonchev–Trinajstić information content (AvgIpc) is 3.16. The Balaban J connectivity index is 3.80. The van der Waals surface area contributed by atoms with E-state index in [2.05, 4.69) is 16.0 Å². The number of carbonyl (C=O) groups is 7. The van der Waals surface area contributed by atoms with E-state index in [-0.39, 0.29) is 135 Å². The average molecular weight is 814 g/mol. The molecule has 0 fully saturated rings. The molecule has 22 nitrogen and oxygen atoms in total. The Labute approximate surface area is 324 Å². The van der Waals surface area contributed by atoms with Gasteiger partial charge >= 0.3 is 0 Å². The fourth-order valence-corrected chi connectivity index (χ4v) is 4.52. The van der Waals surface area contributed by atoms with E-state index in [0.717, 1.165) is 24.6 Å². The minimum atomic E-state index is -0.697. The first-order valence-corrected chi connectivity index (χ1v) is 19.1. The molecule has 0 bridgehead atoms. The van der Waals surface area contributed by atoms with Crippen LogP contribution in [0.2, 0.25) is 0 Å². The molecular weight excluding hydrogens is 754 g/mol. The van der Waals surface area contributed by atoms with Gasteiger partial charge in [0, 0.05) is 58.8 Å². The monoisotopic (exact) mass is 813 g/mol. The molecule has 0 aliphatic rings. The van der Waals surface area contributed by atoms with E-state index in [1.807, 2.05) is 6.92 Å². The number of ether oxygens (including phenoxy) is 4. The summed E-state index contributed by atoms with van der Waals surface area (Å²) in [7, 11) is 0. The quantitative estimate of drug-likeness (QED) is 0.0219. The maximum atomic E-state index is 12.1. The molecular formula is C32H59N7O15S. The van der Waals surface area contributed by atoms with Crippen molar-refractivity contribution in [3.05, 3.63) is 0 Å². The summed E-state index contributed by atoms with van der Waals surface area (Å²) in [6, 6.07) is 0. The van der Waals surface area contributed by atoms with Gasteiger partial charge in [-0.3, -0.25) is 54.4 Å². The second-order valence-corrected chi connectivity index (χ2v) is 12.5. The fourth-order valence-electron chi connectivity index (χ4n) is 3.81. The molecule has 0 saturated carbocycles. The normalized spacial score (nSPS) is 10.7. The molecule has 0 aromatic carbocycles.